The summed E-state index contributed by atoms with van der Waals surface area (Å²) >= 11 is 0. The van der Waals surface area contributed by atoms with Crippen molar-refractivity contribution in [1.82, 2.24) is 14.5 Å². The molecule has 2 heterocycles. The Morgan fingerprint density at radius 3 is 2.17 bits per heavy atom. The van der Waals surface area contributed by atoms with Crippen LogP contribution >= 0.6 is 0 Å². The lowest BCUT2D eigenvalue weighted by atomic mass is 9.94. The van der Waals surface area contributed by atoms with Gasteiger partial charge in [0.15, 0.2) is 0 Å². The molecule has 4 rings (SSSR count). The highest BCUT2D eigenvalue weighted by atomic mass is 16.2. The molecule has 3 aromatic rings. The van der Waals surface area contributed by atoms with Gasteiger partial charge in [-0.3, -0.25) is 14.5 Å². The number of amides is 2. The Labute approximate surface area is 139 Å². The van der Waals surface area contributed by atoms with Crippen LogP contribution in [0.3, 0.4) is 0 Å². The summed E-state index contributed by atoms with van der Waals surface area (Å²) in [5.74, 6) is -0.376. The zero-order valence-electron chi connectivity index (χ0n) is 13.2. The summed E-state index contributed by atoms with van der Waals surface area (Å²) in [6.45, 7) is 1.28. The van der Waals surface area contributed by atoms with E-state index in [9.17, 15) is 9.59 Å². The van der Waals surface area contributed by atoms with E-state index in [2.05, 4.69) is 4.98 Å². The molecule has 2 aromatic carbocycles. The first kappa shape index (κ1) is 14.6. The van der Waals surface area contributed by atoms with Gasteiger partial charge in [-0.2, -0.15) is 0 Å². The molecule has 1 aromatic heterocycles. The van der Waals surface area contributed by atoms with E-state index in [-0.39, 0.29) is 11.8 Å². The third kappa shape index (κ3) is 2.38. The van der Waals surface area contributed by atoms with Gasteiger partial charge in [-0.25, -0.2) is 4.98 Å². The molecule has 0 saturated carbocycles. The van der Waals surface area contributed by atoms with Gasteiger partial charge in [-0.1, -0.05) is 24.3 Å². The minimum Gasteiger partial charge on any atom is -0.337 e. The smallest absolute Gasteiger partial charge is 0.261 e. The minimum absolute atomic E-state index is 0.188. The number of benzene rings is 2. The Bertz CT molecular complexity index is 865. The average Bonchev–Trinajstić information content (AvgIpc) is 3.12. The predicted octanol–water partition coefficient (Wildman–Crippen LogP) is 3.11. The number of nitrogens with zero attached hydrogens (tertiary/aromatic N) is 3. The van der Waals surface area contributed by atoms with Crippen LogP contribution in [0.15, 0.2) is 55.1 Å². The second kappa shape index (κ2) is 5.92. The molecule has 1 aliphatic rings. The maximum absolute atomic E-state index is 12.7. The number of carbonyl (C=O) groups is 2. The Hall–Kier alpha value is -2.95. The van der Waals surface area contributed by atoms with Crippen LogP contribution in [0.4, 0.5) is 0 Å². The van der Waals surface area contributed by atoms with Gasteiger partial charge in [0.1, 0.15) is 0 Å². The van der Waals surface area contributed by atoms with Gasteiger partial charge in [0.25, 0.3) is 11.8 Å². The fourth-order valence-electron chi connectivity index (χ4n) is 3.27. The van der Waals surface area contributed by atoms with Crippen molar-refractivity contribution in [1.29, 1.82) is 0 Å². The lowest BCUT2D eigenvalue weighted by molar-refractivity contribution is 0.0607. The molecule has 0 unspecified atom stereocenters. The van der Waals surface area contributed by atoms with Crippen LogP contribution in [-0.4, -0.2) is 32.8 Å². The fraction of sp³-hybridized carbons (Fsp3) is 0.211. The quantitative estimate of drug-likeness (QED) is 0.536. The molecule has 120 valence electrons. The van der Waals surface area contributed by atoms with Crippen LogP contribution in [0.25, 0.3) is 10.8 Å². The van der Waals surface area contributed by atoms with Gasteiger partial charge < -0.3 is 4.57 Å². The second-order valence-corrected chi connectivity index (χ2v) is 5.98. The second-order valence-electron chi connectivity index (χ2n) is 5.98. The SMILES string of the molecule is O=C1c2cccc3cccc(c23)C(=O)N1CCCCn1ccnc1. The Kier molecular flexibility index (Phi) is 3.61. The van der Waals surface area contributed by atoms with Gasteiger partial charge in [-0.15, -0.1) is 0 Å². The zero-order chi connectivity index (χ0) is 16.5. The Morgan fingerprint density at radius 1 is 0.875 bits per heavy atom. The molecule has 0 saturated heterocycles. The van der Waals surface area contributed by atoms with Crippen LogP contribution in [0.2, 0.25) is 0 Å². The molecule has 0 spiro atoms. The molecule has 0 radical (unpaired) electrons. The molecule has 5 nitrogen and oxygen atoms in total. The van der Waals surface area contributed by atoms with E-state index >= 15 is 0 Å². The highest BCUT2D eigenvalue weighted by Gasteiger charge is 2.31. The van der Waals surface area contributed by atoms with Crippen LogP contribution in [0.1, 0.15) is 33.6 Å². The summed E-state index contributed by atoms with van der Waals surface area (Å²) in [6, 6.07) is 11.2. The van der Waals surface area contributed by atoms with Crippen LogP contribution in [0.5, 0.6) is 0 Å². The standard InChI is InChI=1S/C19H17N3O2/c23-18-15-7-3-5-14-6-4-8-16(17(14)15)19(24)22(18)11-2-1-10-21-12-9-20-13-21/h3-9,12-13H,1-2,10-11H2. The monoisotopic (exact) mass is 319 g/mol. The largest absolute Gasteiger partial charge is 0.337 e. The first-order valence-corrected chi connectivity index (χ1v) is 8.09. The normalized spacial score (nSPS) is 13.8. The van der Waals surface area contributed by atoms with Gasteiger partial charge in [0.05, 0.1) is 6.33 Å². The molecule has 0 atom stereocenters. The summed E-state index contributed by atoms with van der Waals surface area (Å²) in [5.41, 5.74) is 1.25. The third-order valence-electron chi connectivity index (χ3n) is 4.46. The van der Waals surface area contributed by atoms with E-state index in [0.29, 0.717) is 17.7 Å². The summed E-state index contributed by atoms with van der Waals surface area (Å²) in [6.07, 6.45) is 7.09. The number of aromatic nitrogens is 2. The molecule has 5 heteroatoms. The van der Waals surface area contributed by atoms with E-state index in [1.54, 1.807) is 24.7 Å². The summed E-state index contributed by atoms with van der Waals surface area (Å²) in [5, 5.41) is 1.72. The number of rotatable bonds is 5. The summed E-state index contributed by atoms with van der Waals surface area (Å²) < 4.78 is 2.00. The molecule has 0 fully saturated rings. The number of imide groups is 1. The van der Waals surface area contributed by atoms with Gasteiger partial charge in [0.2, 0.25) is 0 Å². The third-order valence-corrected chi connectivity index (χ3v) is 4.46. The molecule has 0 N–H and O–H groups in total. The van der Waals surface area contributed by atoms with Crippen molar-refractivity contribution in [2.45, 2.75) is 19.4 Å². The maximum atomic E-state index is 12.7. The molecular weight excluding hydrogens is 302 g/mol. The summed E-state index contributed by atoms with van der Waals surface area (Å²) in [4.78, 5) is 30.8. The first-order valence-electron chi connectivity index (χ1n) is 8.09. The lowest BCUT2D eigenvalue weighted by Gasteiger charge is -2.27. The van der Waals surface area contributed by atoms with E-state index in [1.165, 1.54) is 4.90 Å². The number of imidazole rings is 1. The van der Waals surface area contributed by atoms with Crippen molar-refractivity contribution in [3.63, 3.8) is 0 Å². The highest BCUT2D eigenvalue weighted by Crippen LogP contribution is 2.29. The highest BCUT2D eigenvalue weighted by molar-refractivity contribution is 6.25. The molecule has 24 heavy (non-hydrogen) atoms. The first-order chi connectivity index (χ1) is 11.8. The lowest BCUT2D eigenvalue weighted by Crippen LogP contribution is -2.40. The van der Waals surface area contributed by atoms with Crippen molar-refractivity contribution < 1.29 is 9.59 Å². The van der Waals surface area contributed by atoms with Crippen LogP contribution in [0, 0.1) is 0 Å². The van der Waals surface area contributed by atoms with Gasteiger partial charge >= 0.3 is 0 Å². The predicted molar refractivity (Wildman–Crippen MR) is 90.8 cm³/mol. The summed E-state index contributed by atoms with van der Waals surface area (Å²) in [7, 11) is 0. The number of unbranched alkanes of at least 4 members (excludes halogenated alkanes) is 1. The minimum atomic E-state index is -0.188. The van der Waals surface area contributed by atoms with Gasteiger partial charge in [0, 0.05) is 42.0 Å². The van der Waals surface area contributed by atoms with Crippen molar-refractivity contribution in [3.8, 4) is 0 Å². The molecule has 0 aliphatic carbocycles. The van der Waals surface area contributed by atoms with E-state index in [4.69, 9.17) is 0 Å². The average molecular weight is 319 g/mol. The van der Waals surface area contributed by atoms with Crippen molar-refractivity contribution >= 4 is 22.6 Å². The van der Waals surface area contributed by atoms with Crippen molar-refractivity contribution in [2.75, 3.05) is 6.54 Å². The fourth-order valence-corrected chi connectivity index (χ4v) is 3.27. The molecule has 2 amide bonds. The maximum Gasteiger partial charge on any atom is 0.261 e. The Morgan fingerprint density at radius 2 is 1.54 bits per heavy atom. The van der Waals surface area contributed by atoms with Crippen LogP contribution < -0.4 is 0 Å². The number of carbonyl (C=O) groups excluding carboxylic acids is 2. The zero-order valence-corrected chi connectivity index (χ0v) is 13.2. The van der Waals surface area contributed by atoms with Crippen LogP contribution in [-0.2, 0) is 6.54 Å². The molecule has 0 bridgehead atoms. The van der Waals surface area contributed by atoms with E-state index < -0.39 is 0 Å². The molecule has 1 aliphatic heterocycles. The topological polar surface area (TPSA) is 55.2 Å². The number of hydrogen-bond acceptors (Lipinski definition) is 3. The van der Waals surface area contributed by atoms with E-state index in [1.807, 2.05) is 35.0 Å². The molecular formula is C19H17N3O2. The Balaban J connectivity index is 1.53. The van der Waals surface area contributed by atoms with E-state index in [0.717, 1.165) is 30.2 Å². The van der Waals surface area contributed by atoms with Crippen molar-refractivity contribution in [2.24, 2.45) is 0 Å². The van der Waals surface area contributed by atoms with Crippen molar-refractivity contribution in [3.05, 3.63) is 66.2 Å². The van der Waals surface area contributed by atoms with Gasteiger partial charge in [-0.05, 0) is 30.4 Å². The number of hydrogen-bond donors (Lipinski definition) is 0. The number of aryl methyl sites for hydroxylation is 1.